The van der Waals surface area contributed by atoms with Crippen LogP contribution in [0.5, 0.6) is 5.75 Å². The van der Waals surface area contributed by atoms with Crippen molar-refractivity contribution in [2.24, 2.45) is 0 Å². The number of halogens is 1. The molecule has 4 rings (SSSR count). The number of anilines is 2. The van der Waals surface area contributed by atoms with Crippen LogP contribution in [0.15, 0.2) is 59.1 Å². The lowest BCUT2D eigenvalue weighted by molar-refractivity contribution is 0.415. The van der Waals surface area contributed by atoms with Gasteiger partial charge >= 0.3 is 0 Å². The van der Waals surface area contributed by atoms with Crippen molar-refractivity contribution in [1.29, 1.82) is 0 Å². The smallest absolute Gasteiger partial charge is 0.254 e. The van der Waals surface area contributed by atoms with E-state index in [0.717, 1.165) is 33.0 Å². The molecule has 0 aliphatic heterocycles. The molecule has 0 aliphatic rings. The lowest BCUT2D eigenvalue weighted by Crippen LogP contribution is -2.02. The maximum atomic E-state index is 5.20. The van der Waals surface area contributed by atoms with E-state index in [0.29, 0.717) is 11.6 Å². The lowest BCUT2D eigenvalue weighted by atomic mass is 10.2. The normalized spacial score (nSPS) is 10.9. The molecule has 0 fully saturated rings. The van der Waals surface area contributed by atoms with Crippen LogP contribution in [0.1, 0.15) is 5.69 Å². The highest BCUT2D eigenvalue weighted by molar-refractivity contribution is 9.10. The van der Waals surface area contributed by atoms with E-state index < -0.39 is 0 Å². The van der Waals surface area contributed by atoms with Gasteiger partial charge in [-0.15, -0.1) is 5.10 Å². The average molecular weight is 410 g/mol. The quantitative estimate of drug-likeness (QED) is 0.532. The third-order valence-corrected chi connectivity index (χ3v) is 4.43. The van der Waals surface area contributed by atoms with Crippen LogP contribution in [-0.2, 0) is 0 Å². The first-order valence-corrected chi connectivity index (χ1v) is 8.83. The Bertz CT molecular complexity index is 1060. The van der Waals surface area contributed by atoms with Crippen molar-refractivity contribution < 1.29 is 4.74 Å². The molecule has 0 saturated heterocycles. The molecule has 0 bridgehead atoms. The van der Waals surface area contributed by atoms with Crippen LogP contribution in [0.4, 0.5) is 11.5 Å². The molecule has 0 spiro atoms. The number of nitrogens with zero attached hydrogens (tertiary/aromatic N) is 4. The minimum absolute atomic E-state index is 0.551. The number of hydrogen-bond donors (Lipinski definition) is 1. The van der Waals surface area contributed by atoms with Crippen molar-refractivity contribution in [2.45, 2.75) is 6.92 Å². The summed E-state index contributed by atoms with van der Waals surface area (Å²) in [5.41, 5.74) is 2.73. The van der Waals surface area contributed by atoms with Gasteiger partial charge < -0.3 is 10.1 Å². The fourth-order valence-corrected chi connectivity index (χ4v) is 2.88. The molecule has 2 aromatic heterocycles. The third-order valence-electron chi connectivity index (χ3n) is 3.91. The Kier molecular flexibility index (Phi) is 4.30. The van der Waals surface area contributed by atoms with Gasteiger partial charge in [-0.1, -0.05) is 15.9 Å². The Morgan fingerprint density at radius 3 is 2.42 bits per heavy atom. The largest absolute Gasteiger partial charge is 0.497 e. The number of ether oxygens (including phenoxy) is 1. The predicted molar refractivity (Wildman–Crippen MR) is 105 cm³/mol. The maximum absolute atomic E-state index is 5.20. The Morgan fingerprint density at radius 1 is 1.00 bits per heavy atom. The molecule has 6 nitrogen and oxygen atoms in total. The summed E-state index contributed by atoms with van der Waals surface area (Å²) < 4.78 is 7.95. The van der Waals surface area contributed by atoms with Crippen LogP contribution in [0.25, 0.3) is 17.2 Å². The summed E-state index contributed by atoms with van der Waals surface area (Å²) in [6.45, 7) is 1.94. The molecular weight excluding hydrogens is 394 g/mol. The van der Waals surface area contributed by atoms with E-state index in [4.69, 9.17) is 4.74 Å². The van der Waals surface area contributed by atoms with E-state index in [9.17, 15) is 0 Å². The van der Waals surface area contributed by atoms with Gasteiger partial charge in [-0.2, -0.15) is 9.50 Å². The van der Waals surface area contributed by atoms with Gasteiger partial charge in [0.15, 0.2) is 5.82 Å². The van der Waals surface area contributed by atoms with Crippen LogP contribution < -0.4 is 10.1 Å². The molecule has 4 aromatic rings. The zero-order valence-electron chi connectivity index (χ0n) is 14.3. The standard InChI is InChI=1S/C19H16BrN5O/c1-12-11-17(22-15-7-5-14(20)6-8-15)25-19(21-12)23-18(24-25)13-3-9-16(26-2)10-4-13/h3-11,22H,1-2H3. The van der Waals surface area contributed by atoms with Gasteiger partial charge in [0, 0.05) is 27.5 Å². The van der Waals surface area contributed by atoms with Gasteiger partial charge in [0.25, 0.3) is 5.78 Å². The summed E-state index contributed by atoms with van der Waals surface area (Å²) in [5, 5.41) is 8.00. The second kappa shape index (κ2) is 6.76. The first-order chi connectivity index (χ1) is 12.6. The second-order valence-electron chi connectivity index (χ2n) is 5.79. The number of hydrogen-bond acceptors (Lipinski definition) is 5. The van der Waals surface area contributed by atoms with Gasteiger partial charge in [0.2, 0.25) is 0 Å². The van der Waals surface area contributed by atoms with Crippen LogP contribution >= 0.6 is 15.9 Å². The minimum atomic E-state index is 0.551. The molecule has 130 valence electrons. The van der Waals surface area contributed by atoms with Crippen molar-refractivity contribution in [3.05, 3.63) is 64.8 Å². The summed E-state index contributed by atoms with van der Waals surface area (Å²) in [4.78, 5) is 9.06. The van der Waals surface area contributed by atoms with E-state index in [-0.39, 0.29) is 0 Å². The maximum Gasteiger partial charge on any atom is 0.254 e. The van der Waals surface area contributed by atoms with Crippen molar-refractivity contribution in [3.63, 3.8) is 0 Å². The number of benzene rings is 2. The summed E-state index contributed by atoms with van der Waals surface area (Å²) in [7, 11) is 1.64. The first-order valence-electron chi connectivity index (χ1n) is 8.04. The first kappa shape index (κ1) is 16.5. The predicted octanol–water partition coefficient (Wildman–Crippen LogP) is 4.61. The summed E-state index contributed by atoms with van der Waals surface area (Å²) in [6, 6.07) is 17.5. The van der Waals surface area contributed by atoms with E-state index in [1.807, 2.05) is 61.5 Å². The molecular formula is C19H16BrN5O. The molecule has 2 aromatic carbocycles. The summed E-state index contributed by atoms with van der Waals surface area (Å²) >= 11 is 3.45. The minimum Gasteiger partial charge on any atom is -0.497 e. The zero-order valence-corrected chi connectivity index (χ0v) is 15.9. The Hall–Kier alpha value is -2.93. The molecule has 0 amide bonds. The van der Waals surface area contributed by atoms with E-state index in [1.54, 1.807) is 11.6 Å². The molecule has 0 unspecified atom stereocenters. The van der Waals surface area contributed by atoms with Crippen LogP contribution in [0.2, 0.25) is 0 Å². The van der Waals surface area contributed by atoms with Crippen molar-refractivity contribution in [3.8, 4) is 17.1 Å². The molecule has 0 saturated carbocycles. The summed E-state index contributed by atoms with van der Waals surface area (Å²) in [6.07, 6.45) is 0. The average Bonchev–Trinajstić information content (AvgIpc) is 3.08. The fraction of sp³-hybridized carbons (Fsp3) is 0.105. The number of fused-ring (bicyclic) bond motifs is 1. The number of nitrogens with one attached hydrogen (secondary N) is 1. The van der Waals surface area contributed by atoms with Crippen LogP contribution in [0.3, 0.4) is 0 Å². The topological polar surface area (TPSA) is 64.3 Å². The van der Waals surface area contributed by atoms with E-state index in [2.05, 4.69) is 36.3 Å². The van der Waals surface area contributed by atoms with Crippen LogP contribution in [-0.4, -0.2) is 26.7 Å². The molecule has 2 heterocycles. The highest BCUT2D eigenvalue weighted by Crippen LogP contribution is 2.23. The summed E-state index contributed by atoms with van der Waals surface area (Å²) in [5.74, 6) is 2.77. The van der Waals surface area contributed by atoms with Gasteiger partial charge in [-0.25, -0.2) is 4.98 Å². The molecule has 0 atom stereocenters. The van der Waals surface area contributed by atoms with Crippen LogP contribution in [0, 0.1) is 6.92 Å². The Labute approximate surface area is 159 Å². The van der Waals surface area contributed by atoms with Gasteiger partial charge in [0.05, 0.1) is 7.11 Å². The number of aromatic nitrogens is 4. The molecule has 7 heteroatoms. The SMILES string of the molecule is COc1ccc(-c2nc3nc(C)cc(Nc4ccc(Br)cc4)n3n2)cc1. The van der Waals surface area contributed by atoms with Crippen molar-refractivity contribution in [1.82, 2.24) is 19.6 Å². The molecule has 1 N–H and O–H groups in total. The monoisotopic (exact) mass is 409 g/mol. The molecule has 26 heavy (non-hydrogen) atoms. The highest BCUT2D eigenvalue weighted by atomic mass is 79.9. The van der Waals surface area contributed by atoms with Gasteiger partial charge in [-0.05, 0) is 55.5 Å². The second-order valence-corrected chi connectivity index (χ2v) is 6.71. The lowest BCUT2D eigenvalue weighted by Gasteiger charge is -2.08. The fourth-order valence-electron chi connectivity index (χ4n) is 2.62. The number of rotatable bonds is 4. The molecule has 0 radical (unpaired) electrons. The Morgan fingerprint density at radius 2 is 1.73 bits per heavy atom. The van der Waals surface area contributed by atoms with E-state index in [1.165, 1.54) is 0 Å². The molecule has 0 aliphatic carbocycles. The van der Waals surface area contributed by atoms with Gasteiger partial charge in [0.1, 0.15) is 11.6 Å². The highest BCUT2D eigenvalue weighted by Gasteiger charge is 2.12. The van der Waals surface area contributed by atoms with Crippen molar-refractivity contribution in [2.75, 3.05) is 12.4 Å². The van der Waals surface area contributed by atoms with Gasteiger partial charge in [-0.3, -0.25) is 0 Å². The van der Waals surface area contributed by atoms with E-state index >= 15 is 0 Å². The number of methoxy groups -OCH3 is 1. The zero-order chi connectivity index (χ0) is 18.1. The third kappa shape index (κ3) is 3.25. The van der Waals surface area contributed by atoms with Crippen molar-refractivity contribution >= 4 is 33.2 Å². The number of aryl methyl sites for hydroxylation is 1. The Balaban J connectivity index is 1.75.